The van der Waals surface area contributed by atoms with E-state index in [1.54, 1.807) is 26.5 Å². The number of aliphatic imine (C=N–C) groups is 3. The van der Waals surface area contributed by atoms with E-state index in [-0.39, 0.29) is 5.56 Å². The molecule has 2 atom stereocenters. The lowest BCUT2D eigenvalue weighted by atomic mass is 9.88. The number of anilines is 1. The number of hydrogen-bond acceptors (Lipinski definition) is 5. The standard InChI is InChI=1S/C16H22N4.C15H21N3O.2C2H6/c1-4-19-16(18-3)14-9-13(10-20-15(14)17)12-7-5-11(2)6-8-12;1-10-4-6-11(7-5-10)13-8-12(9-18-15(13)19)14(16-2)17-3;2*1-2/h4,7,9-11H,5-6,8H2,1-3H3,(H2,17,20);6,8-10H,4-5,7H2,1-3H3,(H,16,17)(H,18,19);2*1-2H3. The zero-order valence-corrected chi connectivity index (χ0v) is 28.2. The average Bonchev–Trinajstić information content (AvgIpc) is 3.05. The number of amidine groups is 2. The largest absolute Gasteiger partial charge is 0.383 e. The quantitative estimate of drug-likeness (QED) is 0.252. The SMILES string of the molecule is CC.CC.CC=NC(=NC)c1cc(C2=CCC(C)CC2)cnc1N.CN=C(NC)c1c[nH]c(=O)c(C2=CCC(C)CC2)c1. The summed E-state index contributed by atoms with van der Waals surface area (Å²) in [5, 5.41) is 3.03. The molecule has 0 saturated heterocycles. The van der Waals surface area contributed by atoms with Crippen LogP contribution in [0.4, 0.5) is 5.82 Å². The van der Waals surface area contributed by atoms with E-state index in [9.17, 15) is 4.79 Å². The van der Waals surface area contributed by atoms with Crippen molar-refractivity contribution < 1.29 is 0 Å². The Balaban J connectivity index is 0.000000386. The van der Waals surface area contributed by atoms with Crippen molar-refractivity contribution >= 4 is 34.8 Å². The maximum atomic E-state index is 12.0. The number of nitrogens with two attached hydrogens (primary N) is 1. The van der Waals surface area contributed by atoms with Crippen molar-refractivity contribution in [2.45, 2.75) is 87.0 Å². The highest BCUT2D eigenvalue weighted by Crippen LogP contribution is 2.31. The highest BCUT2D eigenvalue weighted by Gasteiger charge is 2.16. The van der Waals surface area contributed by atoms with Gasteiger partial charge in [-0.15, -0.1) is 0 Å². The fraction of sp³-hybridized carbons (Fsp3) is 0.514. The van der Waals surface area contributed by atoms with E-state index in [0.29, 0.717) is 11.7 Å². The van der Waals surface area contributed by atoms with Gasteiger partial charge in [0.05, 0.1) is 5.56 Å². The molecule has 0 aliphatic heterocycles. The highest BCUT2D eigenvalue weighted by atomic mass is 16.1. The highest BCUT2D eigenvalue weighted by molar-refractivity contribution is 6.06. The molecule has 43 heavy (non-hydrogen) atoms. The fourth-order valence-electron chi connectivity index (χ4n) is 4.88. The molecular weight excluding hydrogens is 534 g/mol. The van der Waals surface area contributed by atoms with E-state index < -0.39 is 0 Å². The molecule has 0 spiro atoms. The summed E-state index contributed by atoms with van der Waals surface area (Å²) < 4.78 is 0. The fourth-order valence-corrected chi connectivity index (χ4v) is 4.88. The van der Waals surface area contributed by atoms with Crippen LogP contribution in [0.3, 0.4) is 0 Å². The molecule has 2 aromatic heterocycles. The van der Waals surface area contributed by atoms with E-state index in [1.807, 2.05) is 53.9 Å². The smallest absolute Gasteiger partial charge is 0.255 e. The second-order valence-corrected chi connectivity index (χ2v) is 10.3. The van der Waals surface area contributed by atoms with E-state index in [4.69, 9.17) is 5.73 Å². The van der Waals surface area contributed by atoms with Crippen molar-refractivity contribution in [3.05, 3.63) is 69.3 Å². The van der Waals surface area contributed by atoms with Crippen molar-refractivity contribution in [1.29, 1.82) is 0 Å². The summed E-state index contributed by atoms with van der Waals surface area (Å²) >= 11 is 0. The third-order valence-corrected chi connectivity index (χ3v) is 7.32. The molecule has 8 heteroatoms. The van der Waals surface area contributed by atoms with Gasteiger partial charge in [0.15, 0.2) is 5.84 Å². The van der Waals surface area contributed by atoms with Gasteiger partial charge in [0.1, 0.15) is 11.7 Å². The number of H-pyrrole nitrogens is 1. The minimum Gasteiger partial charge on any atom is -0.383 e. The number of allylic oxidation sites excluding steroid dienone is 4. The lowest BCUT2D eigenvalue weighted by Gasteiger charge is -2.19. The van der Waals surface area contributed by atoms with Gasteiger partial charge in [-0.25, -0.2) is 9.98 Å². The van der Waals surface area contributed by atoms with Gasteiger partial charge in [-0.3, -0.25) is 14.8 Å². The van der Waals surface area contributed by atoms with Crippen molar-refractivity contribution in [3.63, 3.8) is 0 Å². The molecule has 2 heterocycles. The Bertz CT molecular complexity index is 1350. The Morgan fingerprint density at radius 2 is 1.60 bits per heavy atom. The van der Waals surface area contributed by atoms with Crippen LogP contribution in [0.25, 0.3) is 11.1 Å². The van der Waals surface area contributed by atoms with E-state index >= 15 is 0 Å². The summed E-state index contributed by atoms with van der Waals surface area (Å²) in [5.74, 6) is 3.38. The molecule has 2 aromatic rings. The first-order chi connectivity index (χ1) is 20.8. The molecule has 4 rings (SSSR count). The number of rotatable bonds is 4. The Kier molecular flexibility index (Phi) is 17.4. The first-order valence-electron chi connectivity index (χ1n) is 15.8. The van der Waals surface area contributed by atoms with Gasteiger partial charge in [0.25, 0.3) is 5.56 Å². The summed E-state index contributed by atoms with van der Waals surface area (Å²) in [6, 6.07) is 3.99. The summed E-state index contributed by atoms with van der Waals surface area (Å²) in [6.07, 6.45) is 16.4. The van der Waals surface area contributed by atoms with Gasteiger partial charge in [-0.05, 0) is 86.1 Å². The summed E-state index contributed by atoms with van der Waals surface area (Å²) in [4.78, 5) is 31.7. The lowest BCUT2D eigenvalue weighted by Crippen LogP contribution is -2.22. The van der Waals surface area contributed by atoms with E-state index in [2.05, 4.69) is 62.3 Å². The maximum absolute atomic E-state index is 12.0. The van der Waals surface area contributed by atoms with Crippen LogP contribution >= 0.6 is 0 Å². The van der Waals surface area contributed by atoms with Crippen LogP contribution in [0.2, 0.25) is 0 Å². The molecule has 0 amide bonds. The van der Waals surface area contributed by atoms with Crippen LogP contribution in [-0.4, -0.2) is 49.0 Å². The topological polar surface area (TPSA) is 121 Å². The second-order valence-electron chi connectivity index (χ2n) is 10.3. The first kappa shape index (κ1) is 37.2. The normalized spacial score (nSPS) is 18.6. The van der Waals surface area contributed by atoms with Crippen molar-refractivity contribution in [2.24, 2.45) is 26.8 Å². The van der Waals surface area contributed by atoms with Crippen molar-refractivity contribution in [2.75, 3.05) is 26.9 Å². The Morgan fingerprint density at radius 3 is 2.09 bits per heavy atom. The molecule has 0 aromatic carbocycles. The number of nitrogen functional groups attached to an aromatic ring is 1. The Hall–Kier alpha value is -3.81. The van der Waals surface area contributed by atoms with Crippen LogP contribution in [0.1, 0.15) is 109 Å². The van der Waals surface area contributed by atoms with E-state index in [1.165, 1.54) is 12.0 Å². The molecule has 2 aliphatic carbocycles. The zero-order chi connectivity index (χ0) is 32.4. The van der Waals surface area contributed by atoms with Crippen LogP contribution in [0.5, 0.6) is 0 Å². The van der Waals surface area contributed by atoms with Crippen LogP contribution in [0.15, 0.2) is 56.5 Å². The average molecular weight is 590 g/mol. The molecule has 0 radical (unpaired) electrons. The number of aromatic nitrogens is 2. The van der Waals surface area contributed by atoms with Gasteiger partial charge >= 0.3 is 0 Å². The molecule has 0 bridgehead atoms. The third-order valence-electron chi connectivity index (χ3n) is 7.32. The number of nitrogens with zero attached hydrogens (tertiary/aromatic N) is 4. The first-order valence-corrected chi connectivity index (χ1v) is 15.8. The molecule has 2 aliphatic rings. The minimum absolute atomic E-state index is 0.0175. The van der Waals surface area contributed by atoms with Gasteiger partial charge in [-0.1, -0.05) is 53.7 Å². The maximum Gasteiger partial charge on any atom is 0.255 e. The van der Waals surface area contributed by atoms with Crippen LogP contribution in [0, 0.1) is 11.8 Å². The Labute approximate surface area is 259 Å². The number of nitrogens with one attached hydrogen (secondary N) is 2. The minimum atomic E-state index is -0.0175. The predicted molar refractivity (Wildman–Crippen MR) is 189 cm³/mol. The second kappa shape index (κ2) is 20.2. The summed E-state index contributed by atoms with van der Waals surface area (Å²) in [7, 11) is 5.28. The van der Waals surface area contributed by atoms with Crippen molar-refractivity contribution in [3.8, 4) is 0 Å². The molecule has 4 N–H and O–H groups in total. The molecule has 0 saturated carbocycles. The predicted octanol–water partition coefficient (Wildman–Crippen LogP) is 7.56. The summed E-state index contributed by atoms with van der Waals surface area (Å²) in [5.41, 5.74) is 12.1. The van der Waals surface area contributed by atoms with Crippen LogP contribution in [-0.2, 0) is 0 Å². The summed E-state index contributed by atoms with van der Waals surface area (Å²) in [6.45, 7) is 14.4. The number of aromatic amines is 1. The number of pyridine rings is 2. The Morgan fingerprint density at radius 1 is 1.00 bits per heavy atom. The molecule has 236 valence electrons. The van der Waals surface area contributed by atoms with Gasteiger partial charge < -0.3 is 16.0 Å². The monoisotopic (exact) mass is 589 g/mol. The van der Waals surface area contributed by atoms with E-state index in [0.717, 1.165) is 77.6 Å². The van der Waals surface area contributed by atoms with Gasteiger partial charge in [0, 0.05) is 50.9 Å². The molecule has 8 nitrogen and oxygen atoms in total. The van der Waals surface area contributed by atoms with Gasteiger partial charge in [-0.2, -0.15) is 0 Å². The third kappa shape index (κ3) is 11.1. The lowest BCUT2D eigenvalue weighted by molar-refractivity contribution is 0.533. The molecule has 2 unspecified atom stereocenters. The number of hydrogen-bond donors (Lipinski definition) is 3. The molecular formula is C35H55N7O. The zero-order valence-electron chi connectivity index (χ0n) is 28.2. The molecule has 0 fully saturated rings. The van der Waals surface area contributed by atoms with Crippen LogP contribution < -0.4 is 16.6 Å². The van der Waals surface area contributed by atoms with Gasteiger partial charge in [0.2, 0.25) is 0 Å². The van der Waals surface area contributed by atoms with Crippen molar-refractivity contribution in [1.82, 2.24) is 15.3 Å².